The highest BCUT2D eigenvalue weighted by molar-refractivity contribution is 7.17. The average molecular weight is 260 g/mol. The van der Waals surface area contributed by atoms with Crippen molar-refractivity contribution < 1.29 is 9.09 Å². The Morgan fingerprint density at radius 1 is 0.833 bits per heavy atom. The minimum Gasteiger partial charge on any atom is -0.408 e. The molecule has 18 heavy (non-hydrogen) atoms. The highest BCUT2D eigenvalue weighted by Gasteiger charge is 1.87. The maximum absolute atomic E-state index is 9.85. The van der Waals surface area contributed by atoms with Gasteiger partial charge in [0.15, 0.2) is 0 Å². The summed E-state index contributed by atoms with van der Waals surface area (Å²) < 4.78 is 14.5. The fraction of sp³-hybridized carbons (Fsp3) is 0.200. The molecule has 0 saturated heterocycles. The molecule has 2 nitrogen and oxygen atoms in total. The quantitative estimate of drug-likeness (QED) is 0.719. The molecule has 0 aromatic heterocycles. The van der Waals surface area contributed by atoms with Crippen LogP contribution in [0.2, 0.25) is 0 Å². The molecule has 0 saturated carbocycles. The van der Waals surface area contributed by atoms with Crippen molar-refractivity contribution in [3.8, 4) is 5.75 Å². The molecule has 0 aliphatic rings. The molecule has 0 fully saturated rings. The Labute approximate surface area is 110 Å². The first-order valence-electron chi connectivity index (χ1n) is 5.71. The van der Waals surface area contributed by atoms with Crippen LogP contribution in [0.25, 0.3) is 0 Å². The number of aryl methyl sites for hydroxylation is 3. The maximum atomic E-state index is 9.85. The Morgan fingerprint density at radius 3 is 1.67 bits per heavy atom. The number of para-hydroxylation sites is 1. The molecule has 2 aromatic rings. The van der Waals surface area contributed by atoms with Gasteiger partial charge in [0, 0.05) is 0 Å². The summed E-state index contributed by atoms with van der Waals surface area (Å²) in [5.41, 5.74) is 4.06. The van der Waals surface area contributed by atoms with E-state index in [0.717, 1.165) is 0 Å². The van der Waals surface area contributed by atoms with E-state index in [1.54, 1.807) is 12.1 Å². The summed E-state index contributed by atoms with van der Waals surface area (Å²) >= 11 is 0. The summed E-state index contributed by atoms with van der Waals surface area (Å²) in [6.45, 7) is 6.38. The zero-order chi connectivity index (χ0) is 13.4. The van der Waals surface area contributed by atoms with Gasteiger partial charge in [0.2, 0.25) is 0 Å². The normalized spacial score (nSPS) is 9.50. The topological polar surface area (TPSA) is 26.3 Å². The number of rotatable bonds is 2. The van der Waals surface area contributed by atoms with Gasteiger partial charge in [0.25, 0.3) is 0 Å². The first-order valence-corrected chi connectivity index (χ1v) is 6.44. The van der Waals surface area contributed by atoms with Crippen LogP contribution in [-0.2, 0) is 4.57 Å². The zero-order valence-electron chi connectivity index (χ0n) is 10.9. The first kappa shape index (κ1) is 14.4. The molecule has 0 N–H and O–H groups in total. The minimum atomic E-state index is -0.305. The molecule has 0 bridgehead atoms. The van der Waals surface area contributed by atoms with Crippen molar-refractivity contribution >= 4 is 8.69 Å². The summed E-state index contributed by atoms with van der Waals surface area (Å²) in [4.78, 5) is 0. The summed E-state index contributed by atoms with van der Waals surface area (Å²) in [5.74, 6) is 0.620. The Balaban J connectivity index is 0.000000180. The van der Waals surface area contributed by atoms with Gasteiger partial charge in [-0.3, -0.25) is 0 Å². The van der Waals surface area contributed by atoms with Gasteiger partial charge in [-0.05, 0) is 32.9 Å². The van der Waals surface area contributed by atoms with Crippen LogP contribution in [0, 0.1) is 20.8 Å². The van der Waals surface area contributed by atoms with Crippen molar-refractivity contribution in [3.05, 3.63) is 65.2 Å². The van der Waals surface area contributed by atoms with Crippen molar-refractivity contribution in [3.63, 3.8) is 0 Å². The van der Waals surface area contributed by atoms with Gasteiger partial charge in [0.05, 0.1) is 0 Å². The van der Waals surface area contributed by atoms with E-state index in [2.05, 4.69) is 43.5 Å². The molecule has 0 atom stereocenters. The van der Waals surface area contributed by atoms with Crippen LogP contribution in [0.3, 0.4) is 0 Å². The second kappa shape index (κ2) is 7.62. The van der Waals surface area contributed by atoms with Crippen LogP contribution in [0.1, 0.15) is 16.7 Å². The number of benzene rings is 2. The van der Waals surface area contributed by atoms with Crippen LogP contribution in [-0.4, -0.2) is 0 Å². The molecule has 0 unspecified atom stereocenters. The molecule has 0 amide bonds. The molecule has 3 heteroatoms. The van der Waals surface area contributed by atoms with E-state index in [-0.39, 0.29) is 8.69 Å². The van der Waals surface area contributed by atoms with Crippen LogP contribution in [0.4, 0.5) is 0 Å². The van der Waals surface area contributed by atoms with Crippen molar-refractivity contribution in [2.24, 2.45) is 0 Å². The molecule has 0 aliphatic heterocycles. The van der Waals surface area contributed by atoms with Crippen LogP contribution in [0.15, 0.2) is 48.5 Å². The predicted molar refractivity (Wildman–Crippen MR) is 75.3 cm³/mol. The lowest BCUT2D eigenvalue weighted by Crippen LogP contribution is -1.78. The molecule has 0 spiro atoms. The maximum Gasteiger partial charge on any atom is 0.395 e. The molecule has 2 aromatic carbocycles. The van der Waals surface area contributed by atoms with E-state index in [4.69, 9.17) is 0 Å². The highest BCUT2D eigenvalue weighted by atomic mass is 31.1. The lowest BCUT2D eigenvalue weighted by molar-refractivity contribution is 0.525. The lowest BCUT2D eigenvalue weighted by atomic mass is 10.1. The summed E-state index contributed by atoms with van der Waals surface area (Å²) in [5, 5.41) is 0. The SMILES string of the molecule is Cc1cc(C)cc(C)c1.O=POc1ccccc1. The minimum absolute atomic E-state index is 0.305. The summed E-state index contributed by atoms with van der Waals surface area (Å²) in [6, 6.07) is 15.6. The van der Waals surface area contributed by atoms with Gasteiger partial charge in [-0.25, -0.2) is 4.57 Å². The van der Waals surface area contributed by atoms with E-state index >= 15 is 0 Å². The summed E-state index contributed by atoms with van der Waals surface area (Å²) in [7, 11) is -0.305. The standard InChI is InChI=1S/C9H12.C6H5O2P/c1-7-4-8(2)6-9(3)5-7;7-9-8-6-4-2-1-3-5-6/h4-6H,1-3H3;1-5H. The van der Waals surface area contributed by atoms with Crippen molar-refractivity contribution in [2.45, 2.75) is 20.8 Å². The third-order valence-corrected chi connectivity index (χ3v) is 2.54. The second-order valence-corrected chi connectivity index (χ2v) is 4.48. The highest BCUT2D eigenvalue weighted by Crippen LogP contribution is 2.12. The third-order valence-electron chi connectivity index (χ3n) is 2.25. The third kappa shape index (κ3) is 5.60. The van der Waals surface area contributed by atoms with Gasteiger partial charge < -0.3 is 4.52 Å². The first-order chi connectivity index (χ1) is 8.61. The molecule has 94 valence electrons. The molecule has 0 heterocycles. The molecular formula is C15H17O2P. The molecule has 0 aliphatic carbocycles. The Kier molecular flexibility index (Phi) is 6.10. The summed E-state index contributed by atoms with van der Waals surface area (Å²) in [6.07, 6.45) is 0. The van der Waals surface area contributed by atoms with Gasteiger partial charge in [0.1, 0.15) is 5.75 Å². The van der Waals surface area contributed by atoms with Crippen molar-refractivity contribution in [1.82, 2.24) is 0 Å². The van der Waals surface area contributed by atoms with E-state index < -0.39 is 0 Å². The smallest absolute Gasteiger partial charge is 0.395 e. The van der Waals surface area contributed by atoms with Crippen molar-refractivity contribution in [2.75, 3.05) is 0 Å². The average Bonchev–Trinajstić information content (AvgIpc) is 2.29. The molecule has 2 rings (SSSR count). The molecular weight excluding hydrogens is 243 g/mol. The van der Waals surface area contributed by atoms with E-state index in [1.807, 2.05) is 18.2 Å². The Morgan fingerprint density at radius 2 is 1.28 bits per heavy atom. The fourth-order valence-electron chi connectivity index (χ4n) is 1.73. The number of hydrogen-bond donors (Lipinski definition) is 0. The van der Waals surface area contributed by atoms with E-state index in [0.29, 0.717) is 5.75 Å². The van der Waals surface area contributed by atoms with E-state index in [9.17, 15) is 4.57 Å². The van der Waals surface area contributed by atoms with Crippen LogP contribution in [0.5, 0.6) is 5.75 Å². The Hall–Kier alpha value is -1.66. The zero-order valence-corrected chi connectivity index (χ0v) is 11.8. The largest absolute Gasteiger partial charge is 0.408 e. The van der Waals surface area contributed by atoms with Crippen LogP contribution >= 0.6 is 8.69 Å². The van der Waals surface area contributed by atoms with Crippen molar-refractivity contribution in [1.29, 1.82) is 0 Å². The van der Waals surface area contributed by atoms with E-state index in [1.165, 1.54) is 16.7 Å². The van der Waals surface area contributed by atoms with Gasteiger partial charge in [-0.2, -0.15) is 0 Å². The van der Waals surface area contributed by atoms with Gasteiger partial charge in [-0.15, -0.1) is 0 Å². The number of hydrogen-bond acceptors (Lipinski definition) is 2. The molecule has 0 radical (unpaired) electrons. The second-order valence-electron chi connectivity index (χ2n) is 4.14. The van der Waals surface area contributed by atoms with Gasteiger partial charge in [-0.1, -0.05) is 53.1 Å². The monoisotopic (exact) mass is 260 g/mol. The lowest BCUT2D eigenvalue weighted by Gasteiger charge is -1.96. The fourth-order valence-corrected chi connectivity index (χ4v) is 1.93. The predicted octanol–water partition coefficient (Wildman–Crippen LogP) is 4.88. The van der Waals surface area contributed by atoms with Crippen LogP contribution < -0.4 is 4.52 Å². The Bertz CT molecular complexity index is 445. The van der Waals surface area contributed by atoms with Gasteiger partial charge >= 0.3 is 8.69 Å².